The first kappa shape index (κ1) is 24.7. The number of benzene rings is 2. The van der Waals surface area contributed by atoms with E-state index in [1.54, 1.807) is 0 Å². The largest absolute Gasteiger partial charge is 0.358 e. The molecule has 0 aliphatic heterocycles. The van der Waals surface area contributed by atoms with Crippen LogP contribution in [0.5, 0.6) is 0 Å². The first-order chi connectivity index (χ1) is 9.90. The predicted molar refractivity (Wildman–Crippen MR) is 104 cm³/mol. The third kappa shape index (κ3) is 9.39. The molecule has 0 aromatic heterocycles. The van der Waals surface area contributed by atoms with Crippen LogP contribution in [0, 0.1) is 33.8 Å². The molecule has 131 valence electrons. The Morgan fingerprint density at radius 1 is 0.957 bits per heavy atom. The Bertz CT molecular complexity index is 431. The quantitative estimate of drug-likeness (QED) is 0.339. The molecule has 3 atom stereocenters. The van der Waals surface area contributed by atoms with Crippen molar-refractivity contribution < 1.29 is 19.5 Å². The van der Waals surface area contributed by atoms with Crippen molar-refractivity contribution in [3.63, 3.8) is 0 Å². The Morgan fingerprint density at radius 3 is 2.04 bits per heavy atom. The molecule has 0 spiro atoms. The first-order valence-corrected chi connectivity index (χ1v) is 8.50. The molecule has 1 fully saturated rings. The summed E-state index contributed by atoms with van der Waals surface area (Å²) in [7, 11) is 1.01. The summed E-state index contributed by atoms with van der Waals surface area (Å²) in [4.78, 5) is 0. The van der Waals surface area contributed by atoms with Crippen LogP contribution in [-0.4, -0.2) is 5.66 Å². The van der Waals surface area contributed by atoms with Gasteiger partial charge in [0.25, 0.3) is 0 Å². The summed E-state index contributed by atoms with van der Waals surface area (Å²) in [5.41, 5.74) is 0.926. The molecule has 3 rings (SSSR count). The van der Waals surface area contributed by atoms with E-state index in [0.29, 0.717) is 0 Å². The minimum Gasteiger partial charge on any atom is -0.358 e. The maximum Gasteiger partial charge on any atom is 0 e. The summed E-state index contributed by atoms with van der Waals surface area (Å²) in [6.45, 7) is 4.06. The van der Waals surface area contributed by atoms with Crippen LogP contribution in [0.2, 0.25) is 0 Å². The monoisotopic (exact) mass is 415 g/mol. The van der Waals surface area contributed by atoms with Crippen LogP contribution in [0.3, 0.4) is 0 Å². The van der Waals surface area contributed by atoms with Gasteiger partial charge in [-0.3, -0.25) is 0 Å². The zero-order chi connectivity index (χ0) is 14.0. The van der Waals surface area contributed by atoms with Gasteiger partial charge in [0.2, 0.25) is 0 Å². The van der Waals surface area contributed by atoms with Crippen molar-refractivity contribution in [2.24, 2.45) is 5.92 Å². The molecule has 23 heavy (non-hydrogen) atoms. The summed E-state index contributed by atoms with van der Waals surface area (Å²) in [5, 5.41) is 1.53. The Hall–Kier alpha value is -0.507. The standard InChI is InChI=1S/C13H18P.C6H5.2CH3.Rh/c1-2-11-7-6-10-13(11)14-12-8-4-3-5-9-12;1-2-4-6-5-3-1;;;/h3-5,8-9,11,13-14H,1-2,6-7,10H2;1-5H;2*1H3;/q4*-1;/t11?,13-;;;;/m0..../s1. The molecule has 1 aliphatic rings. The van der Waals surface area contributed by atoms with Gasteiger partial charge in [0.1, 0.15) is 0 Å². The van der Waals surface area contributed by atoms with E-state index in [-0.39, 0.29) is 34.3 Å². The zero-order valence-electron chi connectivity index (χ0n) is 14.3. The summed E-state index contributed by atoms with van der Waals surface area (Å²) in [6, 6.07) is 23.4. The molecule has 0 nitrogen and oxygen atoms in total. The fourth-order valence-corrected chi connectivity index (χ4v) is 4.39. The molecule has 1 radical (unpaired) electrons. The molecule has 0 saturated heterocycles. The molecule has 2 heteroatoms. The van der Waals surface area contributed by atoms with Crippen LogP contribution >= 0.6 is 8.58 Å². The van der Waals surface area contributed by atoms with E-state index < -0.39 is 0 Å². The minimum atomic E-state index is 0. The van der Waals surface area contributed by atoms with Crippen molar-refractivity contribution in [2.75, 3.05) is 0 Å². The first-order valence-electron chi connectivity index (χ1n) is 7.42. The predicted octanol–water partition coefficient (Wildman–Crippen LogP) is 5.77. The molecule has 1 aliphatic carbocycles. The normalized spacial score (nSPS) is 18.8. The fourth-order valence-electron chi connectivity index (χ4n) is 2.66. The maximum absolute atomic E-state index is 4.06. The molecule has 0 amide bonds. The van der Waals surface area contributed by atoms with E-state index in [1.165, 1.54) is 24.6 Å². The molecule has 2 aromatic carbocycles. The van der Waals surface area contributed by atoms with Gasteiger partial charge in [0.15, 0.2) is 0 Å². The van der Waals surface area contributed by atoms with Crippen molar-refractivity contribution >= 4 is 13.9 Å². The van der Waals surface area contributed by atoms with Crippen molar-refractivity contribution in [2.45, 2.75) is 31.3 Å². The average molecular weight is 415 g/mol. The van der Waals surface area contributed by atoms with Crippen LogP contribution < -0.4 is 5.30 Å². The molecule has 2 unspecified atom stereocenters. The SMILES string of the molecule is [CH2-]CC1CCC[C@@H]1Pc1ccccc1.[CH3-].[CH3-].[Rh].[c-]1ccccc1. The third-order valence-corrected chi connectivity index (χ3v) is 5.56. The van der Waals surface area contributed by atoms with E-state index in [4.69, 9.17) is 0 Å². The van der Waals surface area contributed by atoms with Gasteiger partial charge >= 0.3 is 0 Å². The molecule has 1 saturated carbocycles. The van der Waals surface area contributed by atoms with Gasteiger partial charge in [-0.1, -0.05) is 57.7 Å². The molecule has 0 heterocycles. The van der Waals surface area contributed by atoms with Gasteiger partial charge in [-0.05, 0) is 17.4 Å². The Balaban J connectivity index is 0. The summed E-state index contributed by atoms with van der Waals surface area (Å²) >= 11 is 0. The topological polar surface area (TPSA) is 0 Å². The van der Waals surface area contributed by atoms with Crippen LogP contribution in [0.25, 0.3) is 0 Å². The van der Waals surface area contributed by atoms with Crippen LogP contribution in [0.4, 0.5) is 0 Å². The van der Waals surface area contributed by atoms with E-state index in [9.17, 15) is 0 Å². The smallest absolute Gasteiger partial charge is 0 e. The van der Waals surface area contributed by atoms with Gasteiger partial charge in [-0.25, -0.2) is 0 Å². The van der Waals surface area contributed by atoms with Gasteiger partial charge in [0, 0.05) is 19.5 Å². The van der Waals surface area contributed by atoms with Gasteiger partial charge < -0.3 is 21.8 Å². The van der Waals surface area contributed by atoms with E-state index in [1.807, 2.05) is 30.3 Å². The summed E-state index contributed by atoms with van der Waals surface area (Å²) < 4.78 is 0. The Labute approximate surface area is 159 Å². The van der Waals surface area contributed by atoms with Crippen molar-refractivity contribution in [3.05, 3.63) is 88.5 Å². The van der Waals surface area contributed by atoms with E-state index in [0.717, 1.165) is 26.6 Å². The molecular weight excluding hydrogens is 386 g/mol. The third-order valence-electron chi connectivity index (χ3n) is 3.76. The second-order valence-electron chi connectivity index (χ2n) is 5.17. The Morgan fingerprint density at radius 2 is 1.57 bits per heavy atom. The number of rotatable bonds is 3. The van der Waals surface area contributed by atoms with Gasteiger partial charge in [-0.2, -0.15) is 42.8 Å². The van der Waals surface area contributed by atoms with Crippen LogP contribution in [0.1, 0.15) is 25.7 Å². The second kappa shape index (κ2) is 15.0. The minimum absolute atomic E-state index is 0. The fraction of sp³-hybridized carbons (Fsp3) is 0.286. The number of hydrogen-bond acceptors (Lipinski definition) is 0. The van der Waals surface area contributed by atoms with E-state index in [2.05, 4.69) is 43.3 Å². The van der Waals surface area contributed by atoms with Crippen molar-refractivity contribution in [1.29, 1.82) is 0 Å². The van der Waals surface area contributed by atoms with Crippen molar-refractivity contribution in [3.8, 4) is 0 Å². The van der Waals surface area contributed by atoms with Gasteiger partial charge in [-0.15, -0.1) is 0 Å². The molecule has 2 aromatic rings. The maximum atomic E-state index is 4.06. The molecule has 0 N–H and O–H groups in total. The molecular formula is C21H29PRh-4. The van der Waals surface area contributed by atoms with Crippen LogP contribution in [0.15, 0.2) is 60.7 Å². The number of hydrogen-bond donors (Lipinski definition) is 0. The second-order valence-corrected chi connectivity index (χ2v) is 6.78. The van der Waals surface area contributed by atoms with Crippen molar-refractivity contribution in [1.82, 2.24) is 0 Å². The van der Waals surface area contributed by atoms with E-state index >= 15 is 0 Å². The Kier molecular flexibility index (Phi) is 16.2. The van der Waals surface area contributed by atoms with Gasteiger partial charge in [0.05, 0.1) is 0 Å². The average Bonchev–Trinajstić information content (AvgIpc) is 2.98. The zero-order valence-corrected chi connectivity index (χ0v) is 16.9. The van der Waals surface area contributed by atoms with Crippen LogP contribution in [-0.2, 0) is 19.5 Å². The summed E-state index contributed by atoms with van der Waals surface area (Å²) in [6.07, 6.45) is 5.39. The molecule has 0 bridgehead atoms. The summed E-state index contributed by atoms with van der Waals surface area (Å²) in [5.74, 6) is 0.897.